The van der Waals surface area contributed by atoms with E-state index in [1.165, 1.54) is 6.20 Å². The molecule has 0 spiro atoms. The molecule has 0 bridgehead atoms. The molecule has 0 aliphatic heterocycles. The molecule has 0 aliphatic rings. The van der Waals surface area contributed by atoms with E-state index in [9.17, 15) is 9.59 Å². The van der Waals surface area contributed by atoms with Gasteiger partial charge in [0, 0.05) is 28.3 Å². The number of aromatic nitrogens is 3. The molecule has 0 fully saturated rings. The van der Waals surface area contributed by atoms with Crippen molar-refractivity contribution in [3.05, 3.63) is 84.8 Å². The van der Waals surface area contributed by atoms with Crippen LogP contribution in [0.5, 0.6) is 0 Å². The molecule has 1 N–H and O–H groups in total. The third kappa shape index (κ3) is 3.41. The van der Waals surface area contributed by atoms with Crippen molar-refractivity contribution < 1.29 is 9.59 Å². The van der Waals surface area contributed by atoms with Crippen LogP contribution in [-0.2, 0) is 4.79 Å². The van der Waals surface area contributed by atoms with Gasteiger partial charge < -0.3 is 5.32 Å². The van der Waals surface area contributed by atoms with Crippen LogP contribution in [0.2, 0.25) is 0 Å². The number of ketones is 1. The van der Waals surface area contributed by atoms with E-state index in [2.05, 4.69) is 20.5 Å². The summed E-state index contributed by atoms with van der Waals surface area (Å²) in [7, 11) is 0. The number of amides is 1. The maximum atomic E-state index is 12.3. The average Bonchev–Trinajstić information content (AvgIpc) is 2.73. The molecule has 4 aromatic rings. The highest BCUT2D eigenvalue weighted by atomic mass is 16.2. The van der Waals surface area contributed by atoms with Gasteiger partial charge in [0.1, 0.15) is 0 Å². The summed E-state index contributed by atoms with van der Waals surface area (Å²) in [5.41, 5.74) is 3.15. The molecular formula is C21H14N4O2. The number of nitrogens with zero attached hydrogens (tertiary/aromatic N) is 3. The summed E-state index contributed by atoms with van der Waals surface area (Å²) in [5, 5.41) is 11.7. The van der Waals surface area contributed by atoms with E-state index < -0.39 is 11.7 Å². The molecule has 2 heterocycles. The predicted molar refractivity (Wildman–Crippen MR) is 102 cm³/mol. The van der Waals surface area contributed by atoms with Gasteiger partial charge in [0.25, 0.3) is 11.7 Å². The maximum absolute atomic E-state index is 12.3. The first-order valence-corrected chi connectivity index (χ1v) is 8.29. The van der Waals surface area contributed by atoms with Crippen LogP contribution in [-0.4, -0.2) is 26.9 Å². The second-order valence-electron chi connectivity index (χ2n) is 5.89. The van der Waals surface area contributed by atoms with Crippen molar-refractivity contribution in [1.82, 2.24) is 15.2 Å². The molecule has 4 rings (SSSR count). The van der Waals surface area contributed by atoms with Crippen molar-refractivity contribution >= 4 is 28.3 Å². The van der Waals surface area contributed by atoms with Gasteiger partial charge in [0.2, 0.25) is 0 Å². The van der Waals surface area contributed by atoms with Gasteiger partial charge in [-0.2, -0.15) is 10.2 Å². The standard InChI is InChI=1S/C21H14N4O2/c26-20(14-6-2-1-3-7-14)21(27)24-16-10-15(11-22-12-16)18-13-23-25-19-9-5-4-8-17(18)19/h1-13H,(H,24,27). The zero-order valence-corrected chi connectivity index (χ0v) is 14.2. The molecule has 0 saturated heterocycles. The van der Waals surface area contributed by atoms with E-state index in [0.29, 0.717) is 11.3 Å². The lowest BCUT2D eigenvalue weighted by Gasteiger charge is -2.08. The lowest BCUT2D eigenvalue weighted by Crippen LogP contribution is -2.22. The van der Waals surface area contributed by atoms with Crippen LogP contribution in [0, 0.1) is 0 Å². The van der Waals surface area contributed by atoms with Gasteiger partial charge in [-0.15, -0.1) is 0 Å². The molecular weight excluding hydrogens is 340 g/mol. The monoisotopic (exact) mass is 354 g/mol. The molecule has 0 unspecified atom stereocenters. The Morgan fingerprint density at radius 2 is 1.63 bits per heavy atom. The second-order valence-corrected chi connectivity index (χ2v) is 5.89. The number of carbonyl (C=O) groups is 2. The minimum Gasteiger partial charge on any atom is -0.318 e. The fourth-order valence-corrected chi connectivity index (χ4v) is 2.80. The van der Waals surface area contributed by atoms with Crippen LogP contribution >= 0.6 is 0 Å². The highest BCUT2D eigenvalue weighted by molar-refractivity contribution is 6.46. The Kier molecular flexibility index (Phi) is 4.37. The first-order valence-electron chi connectivity index (χ1n) is 8.29. The lowest BCUT2D eigenvalue weighted by atomic mass is 10.0. The quantitative estimate of drug-likeness (QED) is 0.448. The zero-order valence-electron chi connectivity index (χ0n) is 14.2. The normalized spacial score (nSPS) is 10.5. The Balaban J connectivity index is 1.63. The fraction of sp³-hybridized carbons (Fsp3) is 0. The second kappa shape index (κ2) is 7.13. The van der Waals surface area contributed by atoms with Gasteiger partial charge in [-0.1, -0.05) is 48.5 Å². The number of pyridine rings is 1. The van der Waals surface area contributed by atoms with Gasteiger partial charge in [0.05, 0.1) is 23.6 Å². The third-order valence-corrected chi connectivity index (χ3v) is 4.10. The SMILES string of the molecule is O=C(Nc1cncc(-c2cnnc3ccccc23)c1)C(=O)c1ccccc1. The largest absolute Gasteiger partial charge is 0.318 e. The Morgan fingerprint density at radius 3 is 2.48 bits per heavy atom. The number of fused-ring (bicyclic) bond motifs is 1. The van der Waals surface area contributed by atoms with Gasteiger partial charge in [-0.3, -0.25) is 14.6 Å². The summed E-state index contributed by atoms with van der Waals surface area (Å²) < 4.78 is 0. The van der Waals surface area contributed by atoms with Crippen molar-refractivity contribution in [1.29, 1.82) is 0 Å². The Bertz CT molecular complexity index is 1140. The smallest absolute Gasteiger partial charge is 0.296 e. The number of anilines is 1. The Labute approximate surface area is 154 Å². The van der Waals surface area contributed by atoms with Crippen LogP contribution in [0.15, 0.2) is 79.3 Å². The van der Waals surface area contributed by atoms with Crippen molar-refractivity contribution in [2.45, 2.75) is 0 Å². The summed E-state index contributed by atoms with van der Waals surface area (Å²) in [6.45, 7) is 0. The minimum atomic E-state index is -0.710. The summed E-state index contributed by atoms with van der Waals surface area (Å²) in [6, 6.07) is 17.8. The third-order valence-electron chi connectivity index (χ3n) is 4.10. The van der Waals surface area contributed by atoms with E-state index in [1.54, 1.807) is 48.8 Å². The Hall–Kier alpha value is -3.93. The molecule has 0 saturated carbocycles. The Morgan fingerprint density at radius 1 is 0.852 bits per heavy atom. The maximum Gasteiger partial charge on any atom is 0.296 e. The first-order chi connectivity index (χ1) is 13.2. The summed E-state index contributed by atoms with van der Waals surface area (Å²) >= 11 is 0. The number of carbonyl (C=O) groups excluding carboxylic acids is 2. The van der Waals surface area contributed by atoms with Crippen LogP contribution in [0.1, 0.15) is 10.4 Å². The molecule has 2 aromatic heterocycles. The van der Waals surface area contributed by atoms with Crippen LogP contribution < -0.4 is 5.32 Å². The fourth-order valence-electron chi connectivity index (χ4n) is 2.80. The number of Topliss-reactive ketones (excluding diaryl/α,β-unsaturated/α-hetero) is 1. The van der Waals surface area contributed by atoms with E-state index in [0.717, 1.165) is 22.0 Å². The zero-order chi connectivity index (χ0) is 18.6. The molecule has 130 valence electrons. The summed E-state index contributed by atoms with van der Waals surface area (Å²) in [6.07, 6.45) is 4.83. The molecule has 1 amide bonds. The number of hydrogen-bond donors (Lipinski definition) is 1. The van der Waals surface area contributed by atoms with Crippen molar-refractivity contribution in [2.75, 3.05) is 5.32 Å². The van der Waals surface area contributed by atoms with Crippen LogP contribution in [0.25, 0.3) is 22.0 Å². The van der Waals surface area contributed by atoms with Gasteiger partial charge in [-0.05, 0) is 12.1 Å². The van der Waals surface area contributed by atoms with Crippen molar-refractivity contribution in [3.63, 3.8) is 0 Å². The van der Waals surface area contributed by atoms with Gasteiger partial charge in [0.15, 0.2) is 0 Å². The van der Waals surface area contributed by atoms with Crippen LogP contribution in [0.3, 0.4) is 0 Å². The number of hydrogen-bond acceptors (Lipinski definition) is 5. The van der Waals surface area contributed by atoms with E-state index >= 15 is 0 Å². The predicted octanol–water partition coefficient (Wildman–Crippen LogP) is 3.51. The van der Waals surface area contributed by atoms with E-state index in [-0.39, 0.29) is 0 Å². The summed E-state index contributed by atoms with van der Waals surface area (Å²) in [5.74, 6) is -1.31. The topological polar surface area (TPSA) is 84.8 Å². The number of nitrogens with one attached hydrogen (secondary N) is 1. The van der Waals surface area contributed by atoms with E-state index in [4.69, 9.17) is 0 Å². The molecule has 27 heavy (non-hydrogen) atoms. The first kappa shape index (κ1) is 16.5. The molecule has 0 aliphatic carbocycles. The number of benzene rings is 2. The van der Waals surface area contributed by atoms with Crippen molar-refractivity contribution in [2.24, 2.45) is 0 Å². The van der Waals surface area contributed by atoms with Crippen molar-refractivity contribution in [3.8, 4) is 11.1 Å². The average molecular weight is 354 g/mol. The molecule has 0 radical (unpaired) electrons. The molecule has 6 nitrogen and oxygen atoms in total. The summed E-state index contributed by atoms with van der Waals surface area (Å²) in [4.78, 5) is 28.7. The van der Waals surface area contributed by atoms with Gasteiger partial charge >= 0.3 is 0 Å². The molecule has 2 aromatic carbocycles. The highest BCUT2D eigenvalue weighted by Gasteiger charge is 2.16. The lowest BCUT2D eigenvalue weighted by molar-refractivity contribution is -0.112. The van der Waals surface area contributed by atoms with Gasteiger partial charge in [-0.25, -0.2) is 0 Å². The number of rotatable bonds is 4. The molecule has 6 heteroatoms. The molecule has 0 atom stereocenters. The minimum absolute atomic E-state index is 0.337. The highest BCUT2D eigenvalue weighted by Crippen LogP contribution is 2.27. The van der Waals surface area contributed by atoms with E-state index in [1.807, 2.05) is 24.3 Å². The van der Waals surface area contributed by atoms with Crippen LogP contribution in [0.4, 0.5) is 5.69 Å².